The van der Waals surface area contributed by atoms with Crippen LogP contribution >= 0.6 is 11.8 Å². The Labute approximate surface area is 114 Å². The lowest BCUT2D eigenvalue weighted by molar-refractivity contribution is 0.0821. The first-order chi connectivity index (χ1) is 8.78. The zero-order valence-corrected chi connectivity index (χ0v) is 12.0. The number of hydrogen-bond acceptors (Lipinski definition) is 3. The predicted molar refractivity (Wildman–Crippen MR) is 78.2 cm³/mol. The second-order valence-corrected chi connectivity index (χ2v) is 5.90. The third kappa shape index (κ3) is 4.30. The Kier molecular flexibility index (Phi) is 5.54. The molecule has 0 spiro atoms. The summed E-state index contributed by atoms with van der Waals surface area (Å²) in [7, 11) is 0. The van der Waals surface area contributed by atoms with Crippen LogP contribution in [0.4, 0.5) is 0 Å². The van der Waals surface area contributed by atoms with Crippen molar-refractivity contribution in [1.82, 2.24) is 4.90 Å². The molecule has 3 heteroatoms. The van der Waals surface area contributed by atoms with Gasteiger partial charge in [0, 0.05) is 18.0 Å². The lowest BCUT2D eigenvalue weighted by Crippen LogP contribution is -2.36. The number of benzene rings is 1. The molecule has 1 fully saturated rings. The molecule has 2 nitrogen and oxygen atoms in total. The molecule has 2 rings (SSSR count). The summed E-state index contributed by atoms with van der Waals surface area (Å²) >= 11 is 1.79. The van der Waals surface area contributed by atoms with E-state index in [9.17, 15) is 5.11 Å². The molecule has 1 aromatic rings. The van der Waals surface area contributed by atoms with Crippen molar-refractivity contribution in [2.24, 2.45) is 0 Å². The first-order valence-electron chi connectivity index (χ1n) is 6.81. The van der Waals surface area contributed by atoms with E-state index in [1.165, 1.54) is 16.9 Å². The van der Waals surface area contributed by atoms with Crippen molar-refractivity contribution in [2.45, 2.75) is 36.7 Å². The average Bonchev–Trinajstić information content (AvgIpc) is 2.42. The van der Waals surface area contributed by atoms with E-state index in [-0.39, 0.29) is 6.10 Å². The lowest BCUT2D eigenvalue weighted by atomic mass is 10.1. The summed E-state index contributed by atoms with van der Waals surface area (Å²) in [6.45, 7) is 3.29. The monoisotopic (exact) mass is 265 g/mol. The standard InChI is InChI=1S/C15H23NOS/c1-18-15-6-4-13(5-7-15)3-2-10-16-11-8-14(17)9-12-16/h4-7,14,17H,2-3,8-12H2,1H3. The van der Waals surface area contributed by atoms with Gasteiger partial charge in [0.25, 0.3) is 0 Å². The molecule has 18 heavy (non-hydrogen) atoms. The fraction of sp³-hybridized carbons (Fsp3) is 0.600. The van der Waals surface area contributed by atoms with E-state index in [0.717, 1.165) is 38.9 Å². The van der Waals surface area contributed by atoms with Crippen LogP contribution in [0.15, 0.2) is 29.2 Å². The van der Waals surface area contributed by atoms with Crippen molar-refractivity contribution in [3.05, 3.63) is 29.8 Å². The molecule has 0 atom stereocenters. The molecule has 0 amide bonds. The molecule has 0 aromatic heterocycles. The van der Waals surface area contributed by atoms with Crippen molar-refractivity contribution in [1.29, 1.82) is 0 Å². The summed E-state index contributed by atoms with van der Waals surface area (Å²) in [4.78, 5) is 3.81. The number of hydrogen-bond donors (Lipinski definition) is 1. The van der Waals surface area contributed by atoms with Crippen LogP contribution in [0.25, 0.3) is 0 Å². The molecule has 1 aliphatic heterocycles. The number of nitrogens with zero attached hydrogens (tertiary/aromatic N) is 1. The van der Waals surface area contributed by atoms with Crippen LogP contribution < -0.4 is 0 Å². The predicted octanol–water partition coefficient (Wildman–Crippen LogP) is 2.80. The van der Waals surface area contributed by atoms with Crippen LogP contribution in [0.1, 0.15) is 24.8 Å². The van der Waals surface area contributed by atoms with E-state index in [1.54, 1.807) is 11.8 Å². The number of rotatable bonds is 5. The zero-order chi connectivity index (χ0) is 12.8. The maximum Gasteiger partial charge on any atom is 0.0564 e. The van der Waals surface area contributed by atoms with Crippen molar-refractivity contribution < 1.29 is 5.11 Å². The molecule has 0 unspecified atom stereocenters. The topological polar surface area (TPSA) is 23.5 Å². The Morgan fingerprint density at radius 2 is 1.89 bits per heavy atom. The quantitative estimate of drug-likeness (QED) is 0.828. The molecular formula is C15H23NOS. The SMILES string of the molecule is CSc1ccc(CCCN2CCC(O)CC2)cc1. The van der Waals surface area contributed by atoms with Crippen molar-refractivity contribution >= 4 is 11.8 Å². The van der Waals surface area contributed by atoms with E-state index in [0.29, 0.717) is 0 Å². The van der Waals surface area contributed by atoms with Crippen LogP contribution in [0, 0.1) is 0 Å². The number of piperidine rings is 1. The van der Waals surface area contributed by atoms with Crippen molar-refractivity contribution in [3.8, 4) is 0 Å². The van der Waals surface area contributed by atoms with Crippen LogP contribution in [-0.4, -0.2) is 42.0 Å². The van der Waals surface area contributed by atoms with Gasteiger partial charge in [0.15, 0.2) is 0 Å². The maximum absolute atomic E-state index is 9.45. The highest BCUT2D eigenvalue weighted by Crippen LogP contribution is 2.16. The summed E-state index contributed by atoms with van der Waals surface area (Å²) in [5, 5.41) is 9.45. The van der Waals surface area contributed by atoms with E-state index in [1.807, 2.05) is 0 Å². The van der Waals surface area contributed by atoms with Gasteiger partial charge >= 0.3 is 0 Å². The van der Waals surface area contributed by atoms with Crippen LogP contribution in [0.2, 0.25) is 0 Å². The molecule has 1 saturated heterocycles. The fourth-order valence-corrected chi connectivity index (χ4v) is 2.85. The molecular weight excluding hydrogens is 242 g/mol. The number of aliphatic hydroxyl groups excluding tert-OH is 1. The molecule has 1 aliphatic rings. The van der Waals surface area contributed by atoms with E-state index in [2.05, 4.69) is 35.4 Å². The first-order valence-corrected chi connectivity index (χ1v) is 8.04. The second-order valence-electron chi connectivity index (χ2n) is 5.02. The average molecular weight is 265 g/mol. The van der Waals surface area contributed by atoms with Gasteiger partial charge in [-0.2, -0.15) is 0 Å². The third-order valence-corrected chi connectivity index (χ3v) is 4.40. The highest BCUT2D eigenvalue weighted by atomic mass is 32.2. The summed E-state index contributed by atoms with van der Waals surface area (Å²) < 4.78 is 0. The summed E-state index contributed by atoms with van der Waals surface area (Å²) in [6, 6.07) is 8.89. The minimum Gasteiger partial charge on any atom is -0.393 e. The first kappa shape index (κ1) is 13.9. The van der Waals surface area contributed by atoms with E-state index >= 15 is 0 Å². The number of likely N-dealkylation sites (tertiary alicyclic amines) is 1. The van der Waals surface area contributed by atoms with Gasteiger partial charge in [0.05, 0.1) is 6.10 Å². The molecule has 1 aromatic carbocycles. The molecule has 1 heterocycles. The Morgan fingerprint density at radius 3 is 2.50 bits per heavy atom. The normalized spacial score (nSPS) is 18.1. The minimum atomic E-state index is -0.0552. The van der Waals surface area contributed by atoms with Crippen LogP contribution in [-0.2, 0) is 6.42 Å². The molecule has 0 saturated carbocycles. The molecule has 1 N–H and O–H groups in total. The summed E-state index contributed by atoms with van der Waals surface area (Å²) in [6.07, 6.45) is 6.33. The van der Waals surface area contributed by atoms with Gasteiger partial charge in [-0.25, -0.2) is 0 Å². The summed E-state index contributed by atoms with van der Waals surface area (Å²) in [5.41, 5.74) is 1.44. The van der Waals surface area contributed by atoms with Crippen molar-refractivity contribution in [2.75, 3.05) is 25.9 Å². The van der Waals surface area contributed by atoms with Gasteiger partial charge in [-0.3, -0.25) is 0 Å². The minimum absolute atomic E-state index is 0.0552. The Balaban J connectivity index is 1.68. The summed E-state index contributed by atoms with van der Waals surface area (Å²) in [5.74, 6) is 0. The Morgan fingerprint density at radius 1 is 1.22 bits per heavy atom. The van der Waals surface area contributed by atoms with Gasteiger partial charge in [0.2, 0.25) is 0 Å². The van der Waals surface area contributed by atoms with Crippen LogP contribution in [0.5, 0.6) is 0 Å². The van der Waals surface area contributed by atoms with Gasteiger partial charge in [0.1, 0.15) is 0 Å². The van der Waals surface area contributed by atoms with E-state index < -0.39 is 0 Å². The van der Waals surface area contributed by atoms with Gasteiger partial charge in [-0.15, -0.1) is 11.8 Å². The highest BCUT2D eigenvalue weighted by molar-refractivity contribution is 7.98. The molecule has 0 aliphatic carbocycles. The maximum atomic E-state index is 9.45. The third-order valence-electron chi connectivity index (χ3n) is 3.66. The van der Waals surface area contributed by atoms with Gasteiger partial charge in [-0.1, -0.05) is 12.1 Å². The Hall–Kier alpha value is -0.510. The smallest absolute Gasteiger partial charge is 0.0564 e. The molecule has 100 valence electrons. The number of thioether (sulfide) groups is 1. The lowest BCUT2D eigenvalue weighted by Gasteiger charge is -2.29. The zero-order valence-electron chi connectivity index (χ0n) is 11.1. The number of aliphatic hydroxyl groups is 1. The fourth-order valence-electron chi connectivity index (χ4n) is 2.44. The van der Waals surface area contributed by atoms with Crippen LogP contribution in [0.3, 0.4) is 0 Å². The number of aryl methyl sites for hydroxylation is 1. The largest absolute Gasteiger partial charge is 0.393 e. The van der Waals surface area contributed by atoms with Crippen molar-refractivity contribution in [3.63, 3.8) is 0 Å². The van der Waals surface area contributed by atoms with Gasteiger partial charge in [-0.05, 0) is 56.2 Å². The second kappa shape index (κ2) is 7.17. The van der Waals surface area contributed by atoms with E-state index in [4.69, 9.17) is 0 Å². The van der Waals surface area contributed by atoms with Gasteiger partial charge < -0.3 is 10.0 Å². The molecule has 0 radical (unpaired) electrons. The highest BCUT2D eigenvalue weighted by Gasteiger charge is 2.15. The Bertz CT molecular complexity index is 344. The molecule has 0 bridgehead atoms.